The molecule has 2 amide bonds. The summed E-state index contributed by atoms with van der Waals surface area (Å²) in [5, 5.41) is 17.7. The molecule has 0 saturated carbocycles. The van der Waals surface area contributed by atoms with Gasteiger partial charge in [0.15, 0.2) is 11.5 Å². The minimum absolute atomic E-state index is 0.0164. The molecule has 0 saturated heterocycles. The number of aromatic nitrogens is 4. The predicted molar refractivity (Wildman–Crippen MR) is 90.5 cm³/mol. The van der Waals surface area contributed by atoms with Crippen LogP contribution in [0.25, 0.3) is 11.0 Å². The Morgan fingerprint density at radius 2 is 2.08 bits per heavy atom. The van der Waals surface area contributed by atoms with Crippen LogP contribution in [0.4, 0.5) is 15.0 Å². The Hall–Kier alpha value is -3.27. The van der Waals surface area contributed by atoms with Crippen molar-refractivity contribution >= 4 is 40.5 Å². The Labute approximate surface area is 150 Å². The first-order valence-corrected chi connectivity index (χ1v) is 7.64. The lowest BCUT2D eigenvalue weighted by Gasteiger charge is -2.06. The van der Waals surface area contributed by atoms with E-state index in [2.05, 4.69) is 25.7 Å². The second-order valence-corrected chi connectivity index (χ2v) is 5.66. The smallest absolute Gasteiger partial charge is 0.410 e. The highest BCUT2D eigenvalue weighted by Crippen LogP contribution is 2.22. The van der Waals surface area contributed by atoms with Crippen molar-refractivity contribution in [3.05, 3.63) is 46.6 Å². The lowest BCUT2D eigenvalue weighted by atomic mass is 10.2. The van der Waals surface area contributed by atoms with E-state index >= 15 is 0 Å². The molecule has 2 aromatic heterocycles. The lowest BCUT2D eigenvalue weighted by Crippen LogP contribution is -2.24. The van der Waals surface area contributed by atoms with E-state index in [1.54, 1.807) is 0 Å². The van der Waals surface area contributed by atoms with Crippen molar-refractivity contribution in [1.29, 1.82) is 0 Å². The Morgan fingerprint density at radius 3 is 2.77 bits per heavy atom. The minimum atomic E-state index is -1.28. The summed E-state index contributed by atoms with van der Waals surface area (Å²) in [6.45, 7) is 0.0946. The fourth-order valence-corrected chi connectivity index (χ4v) is 2.53. The number of benzene rings is 1. The predicted octanol–water partition coefficient (Wildman–Crippen LogP) is 2.18. The van der Waals surface area contributed by atoms with Crippen LogP contribution >= 0.6 is 11.6 Å². The summed E-state index contributed by atoms with van der Waals surface area (Å²) in [5.41, 5.74) is 0.926. The summed E-state index contributed by atoms with van der Waals surface area (Å²) in [4.78, 5) is 31.2. The molecule has 26 heavy (non-hydrogen) atoms. The van der Waals surface area contributed by atoms with Crippen molar-refractivity contribution in [3.8, 4) is 0 Å². The zero-order valence-electron chi connectivity index (χ0n) is 13.3. The minimum Gasteiger partial charge on any atom is -0.465 e. The third kappa shape index (κ3) is 3.40. The van der Waals surface area contributed by atoms with Crippen molar-refractivity contribution in [3.63, 3.8) is 0 Å². The van der Waals surface area contributed by atoms with E-state index < -0.39 is 17.8 Å². The van der Waals surface area contributed by atoms with Gasteiger partial charge in [-0.15, -0.1) is 0 Å². The van der Waals surface area contributed by atoms with Crippen LogP contribution in [0.15, 0.2) is 24.5 Å². The van der Waals surface area contributed by atoms with Gasteiger partial charge in [0, 0.05) is 13.6 Å². The maximum atomic E-state index is 13.2. The topological polar surface area (TPSA) is 122 Å². The quantitative estimate of drug-likeness (QED) is 0.639. The molecular weight excluding hydrogens is 367 g/mol. The van der Waals surface area contributed by atoms with Crippen molar-refractivity contribution in [2.75, 3.05) is 5.32 Å². The van der Waals surface area contributed by atoms with Gasteiger partial charge in [0.1, 0.15) is 23.2 Å². The molecule has 134 valence electrons. The molecule has 0 bridgehead atoms. The van der Waals surface area contributed by atoms with Gasteiger partial charge in [0.2, 0.25) is 0 Å². The van der Waals surface area contributed by atoms with Gasteiger partial charge in [0.25, 0.3) is 5.91 Å². The summed E-state index contributed by atoms with van der Waals surface area (Å²) >= 11 is 5.71. The lowest BCUT2D eigenvalue weighted by molar-refractivity contribution is 0.0947. The average molecular weight is 379 g/mol. The van der Waals surface area contributed by atoms with Crippen LogP contribution in [0.3, 0.4) is 0 Å². The molecule has 0 fully saturated rings. The van der Waals surface area contributed by atoms with Gasteiger partial charge in [-0.05, 0) is 17.7 Å². The number of fused-ring (bicyclic) bond motifs is 1. The van der Waals surface area contributed by atoms with Crippen LogP contribution in [0.5, 0.6) is 0 Å². The first-order valence-electron chi connectivity index (χ1n) is 7.26. The summed E-state index contributed by atoms with van der Waals surface area (Å²) in [6.07, 6.45) is -0.145. The number of carbonyl (C=O) groups is 2. The van der Waals surface area contributed by atoms with Crippen LogP contribution in [0, 0.1) is 5.82 Å². The molecule has 0 unspecified atom stereocenters. The van der Waals surface area contributed by atoms with Gasteiger partial charge in [-0.1, -0.05) is 17.7 Å². The number of aryl methyl sites for hydroxylation is 1. The highest BCUT2D eigenvalue weighted by molar-refractivity contribution is 6.30. The first kappa shape index (κ1) is 17.5. The number of rotatable bonds is 4. The summed E-state index contributed by atoms with van der Waals surface area (Å²) in [7, 11) is 1.51. The molecule has 3 rings (SSSR count). The Morgan fingerprint density at radius 1 is 1.31 bits per heavy atom. The second kappa shape index (κ2) is 6.92. The third-order valence-corrected chi connectivity index (χ3v) is 3.79. The molecule has 0 radical (unpaired) electrons. The third-order valence-electron chi connectivity index (χ3n) is 3.50. The maximum Gasteiger partial charge on any atom is 0.410 e. The monoisotopic (exact) mass is 378 g/mol. The molecule has 9 nitrogen and oxygen atoms in total. The van der Waals surface area contributed by atoms with E-state index in [1.165, 1.54) is 29.9 Å². The standard InChI is InChI=1S/C15H12ClFN6O3/c1-23-13(21-15(25)26)11-10(22-23)12(20-6-19-11)14(24)18-5-7-2-3-9(17)8(16)4-7/h2-4,6,21H,5H2,1H3,(H,18,24)(H,25,26). The number of anilines is 1. The number of carboxylic acid groups (broad SMARTS) is 1. The average Bonchev–Trinajstić information content (AvgIpc) is 2.91. The van der Waals surface area contributed by atoms with Gasteiger partial charge >= 0.3 is 6.09 Å². The van der Waals surface area contributed by atoms with E-state index in [-0.39, 0.29) is 34.1 Å². The highest BCUT2D eigenvalue weighted by Gasteiger charge is 2.20. The molecule has 0 aliphatic carbocycles. The molecule has 0 spiro atoms. The van der Waals surface area contributed by atoms with Gasteiger partial charge in [-0.2, -0.15) is 5.10 Å². The number of hydrogen-bond donors (Lipinski definition) is 3. The van der Waals surface area contributed by atoms with Crippen LogP contribution < -0.4 is 10.6 Å². The molecule has 11 heteroatoms. The number of nitrogens with one attached hydrogen (secondary N) is 2. The van der Waals surface area contributed by atoms with Gasteiger partial charge < -0.3 is 10.4 Å². The molecule has 0 aliphatic rings. The van der Waals surface area contributed by atoms with E-state index in [1.807, 2.05) is 0 Å². The number of hydrogen-bond acceptors (Lipinski definition) is 5. The van der Waals surface area contributed by atoms with Gasteiger partial charge in [0.05, 0.1) is 5.02 Å². The maximum absolute atomic E-state index is 13.2. The summed E-state index contributed by atoms with van der Waals surface area (Å²) in [5.74, 6) is -0.974. The molecule has 0 atom stereocenters. The van der Waals surface area contributed by atoms with Crippen LogP contribution in [0.1, 0.15) is 16.1 Å². The fraction of sp³-hybridized carbons (Fsp3) is 0.133. The Kier molecular flexibility index (Phi) is 4.67. The Bertz CT molecular complexity index is 1020. The number of halogens is 2. The molecule has 1 aromatic carbocycles. The SMILES string of the molecule is Cn1nc2c(C(=O)NCc3ccc(F)c(Cl)c3)ncnc2c1NC(=O)O. The van der Waals surface area contributed by atoms with Crippen LogP contribution in [-0.4, -0.2) is 36.9 Å². The van der Waals surface area contributed by atoms with Crippen molar-refractivity contribution in [1.82, 2.24) is 25.1 Å². The van der Waals surface area contributed by atoms with Gasteiger partial charge in [-0.3, -0.25) is 10.1 Å². The van der Waals surface area contributed by atoms with Crippen molar-refractivity contribution < 1.29 is 19.1 Å². The zero-order chi connectivity index (χ0) is 18.8. The van der Waals surface area contributed by atoms with Crippen molar-refractivity contribution in [2.45, 2.75) is 6.54 Å². The number of nitrogens with zero attached hydrogens (tertiary/aromatic N) is 4. The molecule has 3 N–H and O–H groups in total. The molecule has 3 aromatic rings. The largest absolute Gasteiger partial charge is 0.465 e. The highest BCUT2D eigenvalue weighted by atomic mass is 35.5. The summed E-state index contributed by atoms with van der Waals surface area (Å²) < 4.78 is 14.4. The first-order chi connectivity index (χ1) is 12.4. The fourth-order valence-electron chi connectivity index (χ4n) is 2.32. The van der Waals surface area contributed by atoms with E-state index in [4.69, 9.17) is 16.7 Å². The normalized spacial score (nSPS) is 10.7. The molecule has 0 aliphatic heterocycles. The van der Waals surface area contributed by atoms with E-state index in [9.17, 15) is 14.0 Å². The number of amides is 2. The zero-order valence-corrected chi connectivity index (χ0v) is 14.1. The van der Waals surface area contributed by atoms with Crippen LogP contribution in [-0.2, 0) is 13.6 Å². The molecular formula is C15H12ClFN6O3. The van der Waals surface area contributed by atoms with E-state index in [0.29, 0.717) is 5.56 Å². The second-order valence-electron chi connectivity index (χ2n) is 5.25. The van der Waals surface area contributed by atoms with Gasteiger partial charge in [-0.25, -0.2) is 23.8 Å². The van der Waals surface area contributed by atoms with Crippen LogP contribution in [0.2, 0.25) is 5.02 Å². The Balaban J connectivity index is 1.86. The molecule has 2 heterocycles. The summed E-state index contributed by atoms with van der Waals surface area (Å²) in [6, 6.07) is 4.10. The number of carbonyl (C=O) groups excluding carboxylic acids is 1. The van der Waals surface area contributed by atoms with Crippen molar-refractivity contribution in [2.24, 2.45) is 7.05 Å². The van der Waals surface area contributed by atoms with E-state index in [0.717, 1.165) is 6.33 Å².